The minimum Gasteiger partial charge on any atom is -0.290 e. The fraction of sp³-hybridized carbons (Fsp3) is 0.357. The molecule has 0 atom stereocenters. The molecule has 0 aliphatic carbocycles. The van der Waals surface area contributed by atoms with Crippen LogP contribution in [0.25, 0.3) is 16.2 Å². The van der Waals surface area contributed by atoms with Gasteiger partial charge in [0.25, 0.3) is 0 Å². The first kappa shape index (κ1) is 12.3. The van der Waals surface area contributed by atoms with E-state index in [2.05, 4.69) is 41.2 Å². The van der Waals surface area contributed by atoms with Gasteiger partial charge in [0.2, 0.25) is 5.78 Å². The van der Waals surface area contributed by atoms with Crippen molar-refractivity contribution in [2.45, 2.75) is 33.6 Å². The Morgan fingerprint density at radius 2 is 1.95 bits per heavy atom. The number of hydrogen-bond acceptors (Lipinski definition) is 4. The van der Waals surface area contributed by atoms with Gasteiger partial charge in [0.15, 0.2) is 0 Å². The molecule has 0 saturated carbocycles. The summed E-state index contributed by atoms with van der Waals surface area (Å²) in [6.07, 6.45) is 6.02. The third-order valence-electron chi connectivity index (χ3n) is 3.09. The third-order valence-corrected chi connectivity index (χ3v) is 4.21. The number of imidazole rings is 1. The van der Waals surface area contributed by atoms with Crippen LogP contribution < -0.4 is 0 Å². The van der Waals surface area contributed by atoms with Crippen LogP contribution in [-0.4, -0.2) is 19.4 Å². The molecule has 0 fully saturated rings. The average Bonchev–Trinajstić information content (AvgIpc) is 2.91. The van der Waals surface area contributed by atoms with E-state index in [0.717, 1.165) is 27.7 Å². The van der Waals surface area contributed by atoms with Gasteiger partial charge in [-0.2, -0.15) is 0 Å². The lowest BCUT2D eigenvalue weighted by molar-refractivity contribution is 0.833. The summed E-state index contributed by atoms with van der Waals surface area (Å²) in [6, 6.07) is 0. The Bertz CT molecular complexity index is 739. The maximum atomic E-state index is 4.51. The van der Waals surface area contributed by atoms with Gasteiger partial charge in [-0.05, 0) is 19.8 Å². The van der Waals surface area contributed by atoms with E-state index in [1.54, 1.807) is 11.3 Å². The van der Waals surface area contributed by atoms with Crippen molar-refractivity contribution in [3.8, 4) is 10.4 Å². The Labute approximate surface area is 116 Å². The van der Waals surface area contributed by atoms with Gasteiger partial charge in [0.05, 0.1) is 21.3 Å². The zero-order valence-electron chi connectivity index (χ0n) is 11.5. The molecule has 5 heteroatoms. The zero-order valence-corrected chi connectivity index (χ0v) is 12.3. The van der Waals surface area contributed by atoms with Gasteiger partial charge in [-0.3, -0.25) is 4.40 Å². The summed E-state index contributed by atoms with van der Waals surface area (Å²) >= 11 is 1.70. The average molecular weight is 272 g/mol. The van der Waals surface area contributed by atoms with Gasteiger partial charge in [0, 0.05) is 24.2 Å². The van der Waals surface area contributed by atoms with Crippen LogP contribution in [-0.2, 0) is 0 Å². The highest BCUT2D eigenvalue weighted by molar-refractivity contribution is 7.15. The molecule has 0 N–H and O–H groups in total. The first-order valence-electron chi connectivity index (χ1n) is 6.33. The molecule has 4 nitrogen and oxygen atoms in total. The van der Waals surface area contributed by atoms with E-state index in [-0.39, 0.29) is 0 Å². The smallest absolute Gasteiger partial charge is 0.233 e. The van der Waals surface area contributed by atoms with Crippen molar-refractivity contribution < 1.29 is 0 Å². The van der Waals surface area contributed by atoms with Crippen LogP contribution in [0.3, 0.4) is 0 Å². The molecule has 0 amide bonds. The topological polar surface area (TPSA) is 43.1 Å². The summed E-state index contributed by atoms with van der Waals surface area (Å²) in [5.41, 5.74) is 3.23. The lowest BCUT2D eigenvalue weighted by Crippen LogP contribution is -1.89. The van der Waals surface area contributed by atoms with Gasteiger partial charge >= 0.3 is 0 Å². The molecule has 0 aromatic carbocycles. The second-order valence-electron chi connectivity index (χ2n) is 5.02. The van der Waals surface area contributed by atoms with E-state index in [0.29, 0.717) is 5.92 Å². The van der Waals surface area contributed by atoms with E-state index in [1.165, 1.54) is 4.88 Å². The van der Waals surface area contributed by atoms with Gasteiger partial charge in [0.1, 0.15) is 0 Å². The van der Waals surface area contributed by atoms with Crippen molar-refractivity contribution >= 4 is 17.1 Å². The molecule has 0 bridgehead atoms. The zero-order chi connectivity index (χ0) is 13.6. The first-order chi connectivity index (χ1) is 9.04. The number of aryl methyl sites for hydroxylation is 2. The fourth-order valence-corrected chi connectivity index (χ4v) is 2.99. The van der Waals surface area contributed by atoms with Crippen LogP contribution >= 0.6 is 11.3 Å². The molecule has 3 heterocycles. The van der Waals surface area contributed by atoms with Crippen LogP contribution in [0.2, 0.25) is 0 Å². The SMILES string of the molecule is Cc1nc(C)c(-c2cnc3nc(C(C)C)cn3c2)s1. The van der Waals surface area contributed by atoms with Crippen LogP contribution in [0.1, 0.15) is 36.2 Å². The highest BCUT2D eigenvalue weighted by Crippen LogP contribution is 2.29. The van der Waals surface area contributed by atoms with E-state index >= 15 is 0 Å². The summed E-state index contributed by atoms with van der Waals surface area (Å²) < 4.78 is 2.00. The lowest BCUT2D eigenvalue weighted by Gasteiger charge is -1.99. The van der Waals surface area contributed by atoms with Crippen LogP contribution in [0.4, 0.5) is 0 Å². The molecule has 0 aliphatic heterocycles. The number of rotatable bonds is 2. The highest BCUT2D eigenvalue weighted by atomic mass is 32.1. The molecule has 3 aromatic rings. The van der Waals surface area contributed by atoms with Crippen molar-refractivity contribution in [2.75, 3.05) is 0 Å². The second-order valence-corrected chi connectivity index (χ2v) is 6.22. The van der Waals surface area contributed by atoms with Gasteiger partial charge in [-0.25, -0.2) is 15.0 Å². The number of nitrogens with zero attached hydrogens (tertiary/aromatic N) is 4. The first-order valence-corrected chi connectivity index (χ1v) is 7.15. The van der Waals surface area contributed by atoms with Crippen molar-refractivity contribution in [1.82, 2.24) is 19.4 Å². The van der Waals surface area contributed by atoms with Crippen molar-refractivity contribution in [1.29, 1.82) is 0 Å². The minimum absolute atomic E-state index is 0.414. The molecule has 98 valence electrons. The monoisotopic (exact) mass is 272 g/mol. The van der Waals surface area contributed by atoms with Crippen molar-refractivity contribution in [3.63, 3.8) is 0 Å². The Morgan fingerprint density at radius 3 is 2.58 bits per heavy atom. The van der Waals surface area contributed by atoms with E-state index < -0.39 is 0 Å². The Kier molecular flexibility index (Phi) is 2.86. The molecule has 0 saturated heterocycles. The summed E-state index contributed by atoms with van der Waals surface area (Å²) in [5, 5.41) is 1.08. The maximum Gasteiger partial charge on any atom is 0.233 e. The Morgan fingerprint density at radius 1 is 1.16 bits per heavy atom. The molecule has 0 unspecified atom stereocenters. The van der Waals surface area contributed by atoms with Gasteiger partial charge in [-0.15, -0.1) is 11.3 Å². The van der Waals surface area contributed by atoms with E-state index in [4.69, 9.17) is 0 Å². The highest BCUT2D eigenvalue weighted by Gasteiger charge is 2.11. The molecule has 3 rings (SSSR count). The normalized spacial score (nSPS) is 11.6. The molecule has 0 spiro atoms. The Balaban J connectivity index is 2.13. The number of fused-ring (bicyclic) bond motifs is 1. The second kappa shape index (κ2) is 4.42. The minimum atomic E-state index is 0.414. The molecule has 3 aromatic heterocycles. The molecular weight excluding hydrogens is 256 g/mol. The number of thiazole rings is 1. The molecule has 0 radical (unpaired) electrons. The van der Waals surface area contributed by atoms with Crippen molar-refractivity contribution in [2.24, 2.45) is 0 Å². The summed E-state index contributed by atoms with van der Waals surface area (Å²) in [4.78, 5) is 14.6. The number of aromatic nitrogens is 4. The van der Waals surface area contributed by atoms with E-state index in [9.17, 15) is 0 Å². The predicted octanol–water partition coefficient (Wildman–Crippen LogP) is 3.59. The summed E-state index contributed by atoms with van der Waals surface area (Å²) in [7, 11) is 0. The van der Waals surface area contributed by atoms with Crippen LogP contribution in [0.15, 0.2) is 18.6 Å². The quantitative estimate of drug-likeness (QED) is 0.716. The van der Waals surface area contributed by atoms with Crippen LogP contribution in [0, 0.1) is 13.8 Å². The lowest BCUT2D eigenvalue weighted by atomic mass is 10.2. The molecule has 0 aliphatic rings. The van der Waals surface area contributed by atoms with Gasteiger partial charge < -0.3 is 0 Å². The summed E-state index contributed by atoms with van der Waals surface area (Å²) in [5.74, 6) is 1.17. The Hall–Kier alpha value is -1.75. The molecule has 19 heavy (non-hydrogen) atoms. The van der Waals surface area contributed by atoms with Crippen LogP contribution in [0.5, 0.6) is 0 Å². The molecular formula is C14H16N4S. The standard InChI is InChI=1S/C14H16N4S/c1-8(2)12-7-18-6-11(5-15-14(18)17-12)13-9(3)16-10(4)19-13/h5-8H,1-4H3. The van der Waals surface area contributed by atoms with Gasteiger partial charge in [-0.1, -0.05) is 13.8 Å². The fourth-order valence-electron chi connectivity index (χ4n) is 2.10. The summed E-state index contributed by atoms with van der Waals surface area (Å²) in [6.45, 7) is 8.34. The number of hydrogen-bond donors (Lipinski definition) is 0. The largest absolute Gasteiger partial charge is 0.290 e. The van der Waals surface area contributed by atoms with Crippen molar-refractivity contribution in [3.05, 3.63) is 35.0 Å². The predicted molar refractivity (Wildman–Crippen MR) is 77.7 cm³/mol. The maximum absolute atomic E-state index is 4.51. The van der Waals surface area contributed by atoms with E-state index in [1.807, 2.05) is 24.4 Å². The third kappa shape index (κ3) is 2.14.